The lowest BCUT2D eigenvalue weighted by Gasteiger charge is -2.12. The highest BCUT2D eigenvalue weighted by atomic mass is 16.2. The number of amides is 3. The van der Waals surface area contributed by atoms with Gasteiger partial charge < -0.3 is 22.1 Å². The number of carbonyl (C=O) groups excluding carboxylic acids is 2. The standard InChI is InChI=1S/C12H18N4O2/c1-2-4-10(13)11(17)15-8-5-3-6-9(7-8)16-12(14)18/h3,5-7,10H,2,4,13H2,1H3,(H,15,17)(H3,14,16,18)/t10-/m1/s1. The quantitative estimate of drug-likeness (QED) is 0.631. The number of benzene rings is 1. The van der Waals surface area contributed by atoms with Crippen LogP contribution >= 0.6 is 0 Å². The minimum atomic E-state index is -0.652. The zero-order valence-corrected chi connectivity index (χ0v) is 10.3. The molecule has 1 aromatic carbocycles. The van der Waals surface area contributed by atoms with Crippen LogP contribution in [0.3, 0.4) is 0 Å². The zero-order valence-electron chi connectivity index (χ0n) is 10.3. The lowest BCUT2D eigenvalue weighted by molar-refractivity contribution is -0.117. The summed E-state index contributed by atoms with van der Waals surface area (Å²) in [5.41, 5.74) is 11.8. The van der Waals surface area contributed by atoms with Gasteiger partial charge in [-0.1, -0.05) is 19.4 Å². The Morgan fingerprint density at radius 1 is 1.28 bits per heavy atom. The molecule has 1 aromatic rings. The second kappa shape index (κ2) is 6.61. The molecule has 6 N–H and O–H groups in total. The molecule has 0 unspecified atom stereocenters. The highest BCUT2D eigenvalue weighted by Gasteiger charge is 2.12. The number of nitrogens with two attached hydrogens (primary N) is 2. The Kier molecular flexibility index (Phi) is 5.13. The smallest absolute Gasteiger partial charge is 0.316 e. The molecule has 0 radical (unpaired) electrons. The van der Waals surface area contributed by atoms with Crippen LogP contribution in [0.25, 0.3) is 0 Å². The van der Waals surface area contributed by atoms with Gasteiger partial charge in [0, 0.05) is 11.4 Å². The lowest BCUT2D eigenvalue weighted by Crippen LogP contribution is -2.35. The van der Waals surface area contributed by atoms with E-state index in [9.17, 15) is 9.59 Å². The average Bonchev–Trinajstić information content (AvgIpc) is 2.28. The largest absolute Gasteiger partial charge is 0.351 e. The van der Waals surface area contributed by atoms with Gasteiger partial charge in [-0.05, 0) is 24.6 Å². The van der Waals surface area contributed by atoms with Crippen molar-refractivity contribution in [3.05, 3.63) is 24.3 Å². The van der Waals surface area contributed by atoms with Gasteiger partial charge in [0.05, 0.1) is 6.04 Å². The SMILES string of the molecule is CCC[C@@H](N)C(=O)Nc1cccc(NC(N)=O)c1. The van der Waals surface area contributed by atoms with Crippen LogP contribution in [-0.4, -0.2) is 18.0 Å². The topological polar surface area (TPSA) is 110 Å². The van der Waals surface area contributed by atoms with Gasteiger partial charge in [-0.15, -0.1) is 0 Å². The number of carbonyl (C=O) groups is 2. The predicted octanol–water partition coefficient (Wildman–Crippen LogP) is 1.24. The first kappa shape index (κ1) is 14.0. The van der Waals surface area contributed by atoms with E-state index in [1.165, 1.54) is 0 Å². The number of hydrogen-bond acceptors (Lipinski definition) is 3. The first-order chi connectivity index (χ1) is 8.52. The van der Waals surface area contributed by atoms with Crippen molar-refractivity contribution in [3.63, 3.8) is 0 Å². The normalized spacial score (nSPS) is 11.7. The second-order valence-electron chi connectivity index (χ2n) is 3.95. The molecule has 0 aliphatic rings. The zero-order chi connectivity index (χ0) is 13.5. The van der Waals surface area contributed by atoms with Gasteiger partial charge in [0.25, 0.3) is 0 Å². The fourth-order valence-electron chi connectivity index (χ4n) is 1.49. The van der Waals surface area contributed by atoms with E-state index in [-0.39, 0.29) is 5.91 Å². The van der Waals surface area contributed by atoms with E-state index in [0.29, 0.717) is 17.8 Å². The monoisotopic (exact) mass is 250 g/mol. The predicted molar refractivity (Wildman–Crippen MR) is 71.2 cm³/mol. The van der Waals surface area contributed by atoms with Crippen molar-refractivity contribution in [1.82, 2.24) is 0 Å². The maximum Gasteiger partial charge on any atom is 0.316 e. The Morgan fingerprint density at radius 3 is 2.44 bits per heavy atom. The molecule has 18 heavy (non-hydrogen) atoms. The molecule has 6 nitrogen and oxygen atoms in total. The number of primary amides is 1. The molecule has 0 aromatic heterocycles. The molecule has 1 atom stereocenters. The molecule has 6 heteroatoms. The van der Waals surface area contributed by atoms with Gasteiger partial charge in [-0.2, -0.15) is 0 Å². The van der Waals surface area contributed by atoms with E-state index >= 15 is 0 Å². The summed E-state index contributed by atoms with van der Waals surface area (Å²) < 4.78 is 0. The fourth-order valence-corrected chi connectivity index (χ4v) is 1.49. The molecule has 0 heterocycles. The van der Waals surface area contributed by atoms with Gasteiger partial charge in [-0.25, -0.2) is 4.79 Å². The van der Waals surface area contributed by atoms with E-state index in [1.54, 1.807) is 24.3 Å². The summed E-state index contributed by atoms with van der Waals surface area (Å²) >= 11 is 0. The molecule has 1 rings (SSSR count). The van der Waals surface area contributed by atoms with Crippen molar-refractivity contribution in [2.75, 3.05) is 10.6 Å². The molecule has 0 bridgehead atoms. The number of nitrogens with one attached hydrogen (secondary N) is 2. The second-order valence-corrected chi connectivity index (χ2v) is 3.95. The van der Waals surface area contributed by atoms with Crippen LogP contribution in [0.1, 0.15) is 19.8 Å². The molecular formula is C12H18N4O2. The van der Waals surface area contributed by atoms with Crippen LogP contribution < -0.4 is 22.1 Å². The van der Waals surface area contributed by atoms with Crippen LogP contribution in [0.5, 0.6) is 0 Å². The van der Waals surface area contributed by atoms with Crippen molar-refractivity contribution in [1.29, 1.82) is 0 Å². The molecule has 0 saturated carbocycles. The summed E-state index contributed by atoms with van der Waals surface area (Å²) in [6, 6.07) is 5.52. The molecule has 0 aliphatic heterocycles. The summed E-state index contributed by atoms with van der Waals surface area (Å²) in [4.78, 5) is 22.4. The van der Waals surface area contributed by atoms with Crippen molar-refractivity contribution >= 4 is 23.3 Å². The van der Waals surface area contributed by atoms with Gasteiger partial charge >= 0.3 is 6.03 Å². The summed E-state index contributed by atoms with van der Waals surface area (Å²) in [6.07, 6.45) is 1.48. The van der Waals surface area contributed by atoms with Gasteiger partial charge in [0.2, 0.25) is 5.91 Å². The van der Waals surface area contributed by atoms with Crippen LogP contribution in [0, 0.1) is 0 Å². The summed E-state index contributed by atoms with van der Waals surface area (Å²) in [7, 11) is 0. The first-order valence-corrected chi connectivity index (χ1v) is 5.76. The van der Waals surface area contributed by atoms with Crippen molar-refractivity contribution in [2.24, 2.45) is 11.5 Å². The molecule has 0 saturated heterocycles. The van der Waals surface area contributed by atoms with Gasteiger partial charge in [0.15, 0.2) is 0 Å². The maximum absolute atomic E-state index is 11.7. The van der Waals surface area contributed by atoms with Crippen LogP contribution in [-0.2, 0) is 4.79 Å². The third-order valence-electron chi connectivity index (χ3n) is 2.33. The summed E-state index contributed by atoms with van der Waals surface area (Å²) in [6.45, 7) is 1.96. The third-order valence-corrected chi connectivity index (χ3v) is 2.33. The maximum atomic E-state index is 11.7. The van der Waals surface area contributed by atoms with E-state index < -0.39 is 12.1 Å². The average molecular weight is 250 g/mol. The van der Waals surface area contributed by atoms with Crippen LogP contribution in [0.4, 0.5) is 16.2 Å². The molecule has 0 spiro atoms. The number of rotatable bonds is 5. The Hall–Kier alpha value is -2.08. The summed E-state index contributed by atoms with van der Waals surface area (Å²) in [5.74, 6) is -0.243. The van der Waals surface area contributed by atoms with Crippen molar-refractivity contribution < 1.29 is 9.59 Å². The van der Waals surface area contributed by atoms with Crippen LogP contribution in [0.2, 0.25) is 0 Å². The Bertz CT molecular complexity index is 434. The Morgan fingerprint density at radius 2 is 1.89 bits per heavy atom. The Labute approximate surface area is 106 Å². The highest BCUT2D eigenvalue weighted by molar-refractivity contribution is 5.95. The molecule has 98 valence electrons. The first-order valence-electron chi connectivity index (χ1n) is 5.76. The molecular weight excluding hydrogens is 232 g/mol. The highest BCUT2D eigenvalue weighted by Crippen LogP contribution is 2.15. The molecule has 3 amide bonds. The number of hydrogen-bond donors (Lipinski definition) is 4. The van der Waals surface area contributed by atoms with E-state index in [4.69, 9.17) is 11.5 Å². The number of urea groups is 1. The van der Waals surface area contributed by atoms with E-state index in [1.807, 2.05) is 6.92 Å². The van der Waals surface area contributed by atoms with Gasteiger partial charge in [-0.3, -0.25) is 4.79 Å². The summed E-state index contributed by atoms with van der Waals surface area (Å²) in [5, 5.41) is 5.11. The van der Waals surface area contributed by atoms with Crippen molar-refractivity contribution in [3.8, 4) is 0 Å². The molecule has 0 fully saturated rings. The fraction of sp³-hybridized carbons (Fsp3) is 0.333. The molecule has 0 aliphatic carbocycles. The van der Waals surface area contributed by atoms with E-state index in [2.05, 4.69) is 10.6 Å². The minimum absolute atomic E-state index is 0.243. The minimum Gasteiger partial charge on any atom is -0.351 e. The van der Waals surface area contributed by atoms with Gasteiger partial charge in [0.1, 0.15) is 0 Å². The number of anilines is 2. The van der Waals surface area contributed by atoms with E-state index in [0.717, 1.165) is 6.42 Å². The lowest BCUT2D eigenvalue weighted by atomic mass is 10.1. The third kappa shape index (κ3) is 4.42. The Balaban J connectivity index is 2.67. The van der Waals surface area contributed by atoms with Crippen LogP contribution in [0.15, 0.2) is 24.3 Å². The van der Waals surface area contributed by atoms with Crippen molar-refractivity contribution in [2.45, 2.75) is 25.8 Å².